The zero-order chi connectivity index (χ0) is 13.1. The third-order valence-corrected chi connectivity index (χ3v) is 3.51. The van der Waals surface area contributed by atoms with Crippen molar-refractivity contribution in [3.63, 3.8) is 0 Å². The molecule has 0 aliphatic rings. The van der Waals surface area contributed by atoms with Crippen LogP contribution in [0.1, 0.15) is 11.7 Å². The Hall–Kier alpha value is -0.820. The van der Waals surface area contributed by atoms with Gasteiger partial charge >= 0.3 is 0 Å². The van der Waals surface area contributed by atoms with Crippen molar-refractivity contribution in [2.75, 3.05) is 0 Å². The van der Waals surface area contributed by atoms with Crippen molar-refractivity contribution in [2.24, 2.45) is 5.73 Å². The molecule has 96 valence electrons. The van der Waals surface area contributed by atoms with Gasteiger partial charge in [-0.1, -0.05) is 28.4 Å². The van der Waals surface area contributed by atoms with E-state index >= 15 is 0 Å². The third-order valence-electron chi connectivity index (χ3n) is 2.02. The molecule has 8 heteroatoms. The minimum absolute atomic E-state index is 0.126. The molecular weight excluding hydrogens is 345 g/mol. The molecule has 0 unspecified atom stereocenters. The van der Waals surface area contributed by atoms with E-state index in [-0.39, 0.29) is 13.2 Å². The Kier molecular flexibility index (Phi) is 4.45. The lowest BCUT2D eigenvalue weighted by atomic mass is 10.3. The number of nitrogens with two attached hydrogens (primary N) is 1. The Morgan fingerprint density at radius 2 is 2.11 bits per heavy atom. The molecule has 0 radical (unpaired) electrons. The molecule has 0 saturated heterocycles. The third kappa shape index (κ3) is 3.14. The number of ether oxygens (including phenoxy) is 1. The Bertz CT molecular complexity index is 562. The predicted octanol–water partition coefficient (Wildman–Crippen LogP) is 3.18. The zero-order valence-corrected chi connectivity index (χ0v) is 12.1. The molecule has 18 heavy (non-hydrogen) atoms. The molecule has 2 N–H and O–H groups in total. The number of rotatable bonds is 4. The topological polar surface area (TPSA) is 74.2 Å². The largest absolute Gasteiger partial charge is 0.484 e. The summed E-state index contributed by atoms with van der Waals surface area (Å²) in [4.78, 5) is 4.00. The van der Waals surface area contributed by atoms with Gasteiger partial charge in [-0.05, 0) is 22.0 Å². The smallest absolute Gasteiger partial charge is 0.240 e. The second-order valence-electron chi connectivity index (χ2n) is 3.29. The maximum Gasteiger partial charge on any atom is 0.240 e. The minimum atomic E-state index is 0.126. The van der Waals surface area contributed by atoms with Crippen molar-refractivity contribution < 1.29 is 9.26 Å². The van der Waals surface area contributed by atoms with Crippen molar-refractivity contribution in [1.82, 2.24) is 10.1 Å². The van der Waals surface area contributed by atoms with Gasteiger partial charge in [0.15, 0.2) is 6.61 Å². The molecule has 1 heterocycles. The normalized spacial score (nSPS) is 10.7. The average molecular weight is 353 g/mol. The van der Waals surface area contributed by atoms with Crippen molar-refractivity contribution in [3.8, 4) is 5.75 Å². The summed E-state index contributed by atoms with van der Waals surface area (Å²) in [7, 11) is 0. The maximum absolute atomic E-state index is 6.00. The first-order chi connectivity index (χ1) is 8.60. The summed E-state index contributed by atoms with van der Waals surface area (Å²) in [5, 5.41) is 4.64. The first kappa shape index (κ1) is 13.6. The molecule has 1 aromatic heterocycles. The van der Waals surface area contributed by atoms with Crippen LogP contribution in [-0.2, 0) is 13.2 Å². The van der Waals surface area contributed by atoms with E-state index in [1.807, 2.05) is 0 Å². The zero-order valence-electron chi connectivity index (χ0n) is 8.99. The van der Waals surface area contributed by atoms with Crippen LogP contribution in [0.2, 0.25) is 10.0 Å². The molecular formula is C10H8BrCl2N3O2. The molecule has 0 bridgehead atoms. The van der Waals surface area contributed by atoms with Crippen molar-refractivity contribution in [2.45, 2.75) is 13.2 Å². The monoisotopic (exact) mass is 351 g/mol. The number of benzene rings is 1. The molecule has 0 atom stereocenters. The highest BCUT2D eigenvalue weighted by atomic mass is 79.9. The number of nitrogens with zero attached hydrogens (tertiary/aromatic N) is 2. The SMILES string of the molecule is NCc1nc(COc2cc(Cl)c(Br)cc2Cl)no1. The molecule has 5 nitrogen and oxygen atoms in total. The number of aromatic nitrogens is 2. The fourth-order valence-electron chi connectivity index (χ4n) is 1.19. The fraction of sp³-hybridized carbons (Fsp3) is 0.200. The molecule has 2 rings (SSSR count). The van der Waals surface area contributed by atoms with E-state index in [1.54, 1.807) is 12.1 Å². The minimum Gasteiger partial charge on any atom is -0.484 e. The molecule has 1 aromatic carbocycles. The van der Waals surface area contributed by atoms with Gasteiger partial charge in [-0.15, -0.1) is 0 Å². The van der Waals surface area contributed by atoms with E-state index in [9.17, 15) is 0 Å². The van der Waals surface area contributed by atoms with Crippen LogP contribution in [0.15, 0.2) is 21.1 Å². The van der Waals surface area contributed by atoms with Gasteiger partial charge in [-0.25, -0.2) is 0 Å². The summed E-state index contributed by atoms with van der Waals surface area (Å²) < 4.78 is 11.0. The van der Waals surface area contributed by atoms with Gasteiger partial charge in [-0.3, -0.25) is 0 Å². The van der Waals surface area contributed by atoms with E-state index in [0.29, 0.717) is 32.0 Å². The highest BCUT2D eigenvalue weighted by Gasteiger charge is 2.09. The van der Waals surface area contributed by atoms with Crippen LogP contribution >= 0.6 is 39.1 Å². The Labute approximate surface area is 121 Å². The Morgan fingerprint density at radius 3 is 2.78 bits per heavy atom. The van der Waals surface area contributed by atoms with Crippen molar-refractivity contribution in [3.05, 3.63) is 38.4 Å². The summed E-state index contributed by atoms with van der Waals surface area (Å²) in [5.74, 6) is 1.20. The van der Waals surface area contributed by atoms with Crippen LogP contribution in [0.5, 0.6) is 5.75 Å². The van der Waals surface area contributed by atoms with Crippen LogP contribution in [0, 0.1) is 0 Å². The first-order valence-corrected chi connectivity index (χ1v) is 6.44. The van der Waals surface area contributed by atoms with E-state index in [1.165, 1.54) is 0 Å². The summed E-state index contributed by atoms with van der Waals surface area (Å²) >= 11 is 15.2. The number of hydrogen-bond donors (Lipinski definition) is 1. The van der Waals surface area contributed by atoms with Crippen LogP contribution in [-0.4, -0.2) is 10.1 Å². The Morgan fingerprint density at radius 1 is 1.33 bits per heavy atom. The average Bonchev–Trinajstić information content (AvgIpc) is 2.80. The van der Waals surface area contributed by atoms with Gasteiger partial charge < -0.3 is 15.0 Å². The van der Waals surface area contributed by atoms with Gasteiger partial charge in [0.2, 0.25) is 11.7 Å². The highest BCUT2D eigenvalue weighted by Crippen LogP contribution is 2.34. The predicted molar refractivity (Wildman–Crippen MR) is 70.7 cm³/mol. The van der Waals surface area contributed by atoms with E-state index in [0.717, 1.165) is 0 Å². The van der Waals surface area contributed by atoms with Gasteiger partial charge in [0, 0.05) is 10.5 Å². The van der Waals surface area contributed by atoms with E-state index in [2.05, 4.69) is 26.1 Å². The molecule has 0 amide bonds. The van der Waals surface area contributed by atoms with E-state index in [4.69, 9.17) is 38.2 Å². The standard InChI is InChI=1S/C10H8BrCl2N3O2/c11-5-1-7(13)8(2-6(5)12)17-4-9-15-10(3-14)18-16-9/h1-2H,3-4,14H2. The quantitative estimate of drug-likeness (QED) is 0.855. The highest BCUT2D eigenvalue weighted by molar-refractivity contribution is 9.10. The van der Waals surface area contributed by atoms with Crippen LogP contribution < -0.4 is 10.5 Å². The summed E-state index contributed by atoms with van der Waals surface area (Å²) in [6.45, 7) is 0.319. The second kappa shape index (κ2) is 5.88. The summed E-state index contributed by atoms with van der Waals surface area (Å²) in [6, 6.07) is 3.26. The Balaban J connectivity index is 2.08. The lowest BCUT2D eigenvalue weighted by Crippen LogP contribution is -2.00. The summed E-state index contributed by atoms with van der Waals surface area (Å²) in [5.41, 5.74) is 5.35. The van der Waals surface area contributed by atoms with Gasteiger partial charge in [0.05, 0.1) is 16.6 Å². The lowest BCUT2D eigenvalue weighted by molar-refractivity contribution is 0.285. The van der Waals surface area contributed by atoms with Gasteiger partial charge in [0.25, 0.3) is 0 Å². The number of hydrogen-bond acceptors (Lipinski definition) is 5. The van der Waals surface area contributed by atoms with Crippen LogP contribution in [0.25, 0.3) is 0 Å². The molecule has 0 aliphatic carbocycles. The lowest BCUT2D eigenvalue weighted by Gasteiger charge is -2.07. The summed E-state index contributed by atoms with van der Waals surface area (Å²) in [6.07, 6.45) is 0. The molecule has 0 fully saturated rings. The van der Waals surface area contributed by atoms with E-state index < -0.39 is 0 Å². The van der Waals surface area contributed by atoms with Crippen molar-refractivity contribution >= 4 is 39.1 Å². The van der Waals surface area contributed by atoms with Crippen molar-refractivity contribution in [1.29, 1.82) is 0 Å². The molecule has 2 aromatic rings. The van der Waals surface area contributed by atoms with Crippen LogP contribution in [0.4, 0.5) is 0 Å². The fourth-order valence-corrected chi connectivity index (χ4v) is 2.04. The van der Waals surface area contributed by atoms with Gasteiger partial charge in [0.1, 0.15) is 5.75 Å². The van der Waals surface area contributed by atoms with Crippen LogP contribution in [0.3, 0.4) is 0 Å². The first-order valence-electron chi connectivity index (χ1n) is 4.89. The van der Waals surface area contributed by atoms with Gasteiger partial charge in [-0.2, -0.15) is 4.98 Å². The maximum atomic E-state index is 6.00. The molecule has 0 saturated carbocycles. The molecule has 0 aliphatic heterocycles. The molecule has 0 spiro atoms. The number of halogens is 3. The second-order valence-corrected chi connectivity index (χ2v) is 4.96.